The highest BCUT2D eigenvalue weighted by Crippen LogP contribution is 2.17. The van der Waals surface area contributed by atoms with Crippen LogP contribution in [0.3, 0.4) is 0 Å². The molecular formula is C21H26N2O2. The van der Waals surface area contributed by atoms with Crippen LogP contribution in [0.5, 0.6) is 5.75 Å². The predicted molar refractivity (Wildman–Crippen MR) is 99.7 cm³/mol. The minimum Gasteiger partial charge on any atom is -0.489 e. The van der Waals surface area contributed by atoms with Crippen LogP contribution >= 0.6 is 0 Å². The first-order valence-corrected chi connectivity index (χ1v) is 8.88. The van der Waals surface area contributed by atoms with Gasteiger partial charge in [0.25, 0.3) is 0 Å². The van der Waals surface area contributed by atoms with Gasteiger partial charge in [-0.1, -0.05) is 42.0 Å². The summed E-state index contributed by atoms with van der Waals surface area (Å²) < 4.78 is 5.90. The van der Waals surface area contributed by atoms with Crippen molar-refractivity contribution < 1.29 is 9.53 Å². The number of amides is 1. The van der Waals surface area contributed by atoms with Crippen LogP contribution in [0.25, 0.3) is 0 Å². The van der Waals surface area contributed by atoms with Crippen molar-refractivity contribution in [3.63, 3.8) is 0 Å². The third kappa shape index (κ3) is 5.07. The van der Waals surface area contributed by atoms with E-state index >= 15 is 0 Å². The van der Waals surface area contributed by atoms with Crippen LogP contribution in [0, 0.1) is 6.92 Å². The summed E-state index contributed by atoms with van der Waals surface area (Å²) in [5, 5.41) is 3.36. The highest BCUT2D eigenvalue weighted by atomic mass is 16.5. The number of carbonyl (C=O) groups excluding carboxylic acids is 1. The van der Waals surface area contributed by atoms with E-state index in [0.29, 0.717) is 19.1 Å². The van der Waals surface area contributed by atoms with E-state index in [0.717, 1.165) is 36.5 Å². The van der Waals surface area contributed by atoms with Crippen LogP contribution in [0.1, 0.15) is 23.6 Å². The van der Waals surface area contributed by atoms with Crippen molar-refractivity contribution in [3.8, 4) is 5.75 Å². The van der Waals surface area contributed by atoms with E-state index in [2.05, 4.69) is 37.4 Å². The molecule has 2 aromatic rings. The monoisotopic (exact) mass is 338 g/mol. The van der Waals surface area contributed by atoms with Gasteiger partial charge < -0.3 is 15.0 Å². The predicted octanol–water partition coefficient (Wildman–Crippen LogP) is 2.94. The van der Waals surface area contributed by atoms with Gasteiger partial charge in [-0.3, -0.25) is 4.79 Å². The zero-order chi connectivity index (χ0) is 17.6. The molecule has 0 saturated carbocycles. The first kappa shape index (κ1) is 17.5. The number of nitrogens with zero attached hydrogens (tertiary/aromatic N) is 1. The molecule has 0 spiro atoms. The number of rotatable bonds is 5. The third-order valence-electron chi connectivity index (χ3n) is 4.46. The molecule has 1 unspecified atom stereocenters. The van der Waals surface area contributed by atoms with Gasteiger partial charge in [0.05, 0.1) is 6.42 Å². The number of carbonyl (C=O) groups is 1. The minimum atomic E-state index is 0.184. The summed E-state index contributed by atoms with van der Waals surface area (Å²) in [5.41, 5.74) is 3.37. The fourth-order valence-corrected chi connectivity index (χ4v) is 3.16. The summed E-state index contributed by atoms with van der Waals surface area (Å²) in [5.74, 6) is 0.990. The molecule has 4 nitrogen and oxygen atoms in total. The van der Waals surface area contributed by atoms with E-state index < -0.39 is 0 Å². The molecule has 2 aromatic carbocycles. The molecule has 1 fully saturated rings. The number of hydrogen-bond acceptors (Lipinski definition) is 3. The van der Waals surface area contributed by atoms with Crippen LogP contribution in [0.2, 0.25) is 0 Å². The van der Waals surface area contributed by atoms with Crippen LogP contribution in [-0.4, -0.2) is 36.5 Å². The molecule has 1 atom stereocenters. The first-order chi connectivity index (χ1) is 12.1. The fourth-order valence-electron chi connectivity index (χ4n) is 3.16. The van der Waals surface area contributed by atoms with Crippen molar-refractivity contribution in [2.45, 2.75) is 32.9 Å². The summed E-state index contributed by atoms with van der Waals surface area (Å²) in [6, 6.07) is 16.5. The Hall–Kier alpha value is -2.33. The standard InChI is InChI=1S/C21H26N2O2/c1-16-5-3-7-19(11-16)15-25-20-8-4-6-18(12-20)13-21(24)23-10-9-22-17(2)14-23/h3-8,11-12,17,22H,9-10,13-15H2,1-2H3. The molecule has 4 heteroatoms. The lowest BCUT2D eigenvalue weighted by Gasteiger charge is -2.32. The Bertz CT molecular complexity index is 729. The second-order valence-corrected chi connectivity index (χ2v) is 6.80. The van der Waals surface area contributed by atoms with Gasteiger partial charge in [0.2, 0.25) is 5.91 Å². The SMILES string of the molecule is Cc1cccc(COc2cccc(CC(=O)N3CCNC(C)C3)c2)c1. The van der Waals surface area contributed by atoms with E-state index in [1.54, 1.807) is 0 Å². The molecule has 3 rings (SSSR count). The van der Waals surface area contributed by atoms with Gasteiger partial charge in [0.1, 0.15) is 12.4 Å². The zero-order valence-corrected chi connectivity index (χ0v) is 15.0. The number of aryl methyl sites for hydroxylation is 1. The minimum absolute atomic E-state index is 0.184. The number of nitrogens with one attached hydrogen (secondary N) is 1. The highest BCUT2D eigenvalue weighted by Gasteiger charge is 2.20. The second kappa shape index (κ2) is 8.17. The van der Waals surface area contributed by atoms with Gasteiger partial charge in [-0.25, -0.2) is 0 Å². The second-order valence-electron chi connectivity index (χ2n) is 6.80. The van der Waals surface area contributed by atoms with E-state index in [-0.39, 0.29) is 5.91 Å². The summed E-state index contributed by atoms with van der Waals surface area (Å²) in [6.45, 7) is 7.15. The molecule has 1 aliphatic rings. The van der Waals surface area contributed by atoms with E-state index in [4.69, 9.17) is 4.74 Å². The maximum absolute atomic E-state index is 12.5. The van der Waals surface area contributed by atoms with Crippen LogP contribution in [0.15, 0.2) is 48.5 Å². The highest BCUT2D eigenvalue weighted by molar-refractivity contribution is 5.79. The van der Waals surface area contributed by atoms with Gasteiger partial charge in [-0.15, -0.1) is 0 Å². The van der Waals surface area contributed by atoms with E-state index in [1.807, 2.05) is 35.2 Å². The maximum atomic E-state index is 12.5. The van der Waals surface area contributed by atoms with Gasteiger partial charge in [0, 0.05) is 25.7 Å². The number of ether oxygens (including phenoxy) is 1. The molecule has 1 heterocycles. The molecule has 1 amide bonds. The van der Waals surface area contributed by atoms with Crippen LogP contribution in [0.4, 0.5) is 0 Å². The van der Waals surface area contributed by atoms with Gasteiger partial charge in [0.15, 0.2) is 0 Å². The van der Waals surface area contributed by atoms with E-state index in [9.17, 15) is 4.79 Å². The molecule has 1 saturated heterocycles. The Morgan fingerprint density at radius 3 is 2.80 bits per heavy atom. The fraction of sp³-hybridized carbons (Fsp3) is 0.381. The lowest BCUT2D eigenvalue weighted by Crippen LogP contribution is -2.51. The van der Waals surface area contributed by atoms with Gasteiger partial charge in [-0.2, -0.15) is 0 Å². The van der Waals surface area contributed by atoms with Crippen molar-refractivity contribution in [1.82, 2.24) is 10.2 Å². The Balaban J connectivity index is 1.58. The van der Waals surface area contributed by atoms with Crippen molar-refractivity contribution in [2.24, 2.45) is 0 Å². The number of benzene rings is 2. The smallest absolute Gasteiger partial charge is 0.227 e. The summed E-state index contributed by atoms with van der Waals surface area (Å²) >= 11 is 0. The van der Waals surface area contributed by atoms with Crippen LogP contribution < -0.4 is 10.1 Å². The first-order valence-electron chi connectivity index (χ1n) is 8.88. The average molecular weight is 338 g/mol. The normalized spacial score (nSPS) is 17.4. The molecule has 0 aliphatic carbocycles. The van der Waals surface area contributed by atoms with Crippen molar-refractivity contribution >= 4 is 5.91 Å². The number of hydrogen-bond donors (Lipinski definition) is 1. The molecule has 1 N–H and O–H groups in total. The zero-order valence-electron chi connectivity index (χ0n) is 15.0. The van der Waals surface area contributed by atoms with Gasteiger partial charge >= 0.3 is 0 Å². The van der Waals surface area contributed by atoms with Gasteiger partial charge in [-0.05, 0) is 37.1 Å². The molecule has 0 aromatic heterocycles. The Morgan fingerprint density at radius 2 is 2.00 bits per heavy atom. The average Bonchev–Trinajstić information content (AvgIpc) is 2.60. The summed E-state index contributed by atoms with van der Waals surface area (Å²) in [7, 11) is 0. The largest absolute Gasteiger partial charge is 0.489 e. The Kier molecular flexibility index (Phi) is 5.71. The Labute approximate surface area is 149 Å². The lowest BCUT2D eigenvalue weighted by molar-refractivity contribution is -0.131. The third-order valence-corrected chi connectivity index (χ3v) is 4.46. The Morgan fingerprint density at radius 1 is 1.20 bits per heavy atom. The van der Waals surface area contributed by atoms with Crippen LogP contribution in [-0.2, 0) is 17.8 Å². The molecule has 0 radical (unpaired) electrons. The maximum Gasteiger partial charge on any atom is 0.227 e. The summed E-state index contributed by atoms with van der Waals surface area (Å²) in [6.07, 6.45) is 0.425. The number of piperazine rings is 1. The topological polar surface area (TPSA) is 41.6 Å². The summed E-state index contributed by atoms with van der Waals surface area (Å²) in [4.78, 5) is 14.4. The molecule has 132 valence electrons. The lowest BCUT2D eigenvalue weighted by atomic mass is 10.1. The molecular weight excluding hydrogens is 312 g/mol. The van der Waals surface area contributed by atoms with Crippen molar-refractivity contribution in [1.29, 1.82) is 0 Å². The van der Waals surface area contributed by atoms with Crippen molar-refractivity contribution in [3.05, 3.63) is 65.2 Å². The molecule has 0 bridgehead atoms. The molecule has 25 heavy (non-hydrogen) atoms. The molecule has 1 aliphatic heterocycles. The van der Waals surface area contributed by atoms with E-state index in [1.165, 1.54) is 5.56 Å². The quantitative estimate of drug-likeness (QED) is 0.911. The van der Waals surface area contributed by atoms with Crippen molar-refractivity contribution in [2.75, 3.05) is 19.6 Å².